The molecule has 5 aromatic rings. The van der Waals surface area contributed by atoms with Gasteiger partial charge in [0.1, 0.15) is 5.82 Å². The normalized spacial score (nSPS) is 13.9. The Kier molecular flexibility index (Phi) is 5.78. The van der Waals surface area contributed by atoms with Gasteiger partial charge in [0.05, 0.1) is 25.9 Å². The number of anilines is 1. The van der Waals surface area contributed by atoms with Crippen molar-refractivity contribution in [1.29, 1.82) is 0 Å². The summed E-state index contributed by atoms with van der Waals surface area (Å²) < 4.78 is 15.0. The number of rotatable bonds is 6. The smallest absolute Gasteiger partial charge is 0.254 e. The van der Waals surface area contributed by atoms with Crippen molar-refractivity contribution in [2.75, 3.05) is 38.3 Å². The van der Waals surface area contributed by atoms with Gasteiger partial charge >= 0.3 is 0 Å². The highest BCUT2D eigenvalue weighted by molar-refractivity contribution is 5.88. The first-order valence-electron chi connectivity index (χ1n) is 12.0. The summed E-state index contributed by atoms with van der Waals surface area (Å²) in [7, 11) is 1.62. The maximum absolute atomic E-state index is 5.60. The highest BCUT2D eigenvalue weighted by Gasteiger charge is 2.24. The molecule has 10 nitrogen and oxygen atoms in total. The molecule has 0 radical (unpaired) electrons. The topological polar surface area (TPSA) is 96.0 Å². The second-order valence-corrected chi connectivity index (χ2v) is 8.40. The molecule has 0 amide bonds. The Morgan fingerprint density at radius 2 is 1.72 bits per heavy atom. The number of pyridine rings is 1. The quantitative estimate of drug-likeness (QED) is 0.362. The fourth-order valence-corrected chi connectivity index (χ4v) is 4.52. The fourth-order valence-electron chi connectivity index (χ4n) is 4.52. The van der Waals surface area contributed by atoms with Crippen LogP contribution in [0.4, 0.5) is 5.82 Å². The summed E-state index contributed by atoms with van der Waals surface area (Å²) in [5.41, 5.74) is 4.37. The third-order valence-electron chi connectivity index (χ3n) is 6.29. The van der Waals surface area contributed by atoms with Gasteiger partial charge in [0.25, 0.3) is 5.95 Å². The van der Waals surface area contributed by atoms with Gasteiger partial charge in [-0.3, -0.25) is 4.98 Å². The average molecular weight is 483 g/mol. The number of ether oxygens (including phenoxy) is 2. The molecule has 10 heteroatoms. The summed E-state index contributed by atoms with van der Waals surface area (Å²) in [5.74, 6) is 2.58. The van der Waals surface area contributed by atoms with E-state index in [-0.39, 0.29) is 0 Å². The Labute approximate surface area is 208 Å². The minimum absolute atomic E-state index is 0.459. The van der Waals surface area contributed by atoms with Gasteiger partial charge in [-0.05, 0) is 24.6 Å². The Morgan fingerprint density at radius 3 is 2.44 bits per heavy atom. The molecule has 1 aliphatic rings. The van der Waals surface area contributed by atoms with Crippen molar-refractivity contribution in [1.82, 2.24) is 34.3 Å². The van der Waals surface area contributed by atoms with Gasteiger partial charge < -0.3 is 18.9 Å². The fraction of sp³-hybridized carbons (Fsp3) is 0.269. The standard InChI is InChI=1S/C26H26N8O2/c1-3-33-22(19-9-11-27-12-10-19)28-21-23(32-13-15-36-16-14-32)29-26(30-24(21)33)34-17-20(25(31-34)35-2)18-7-5-4-6-8-18/h4-12,17H,3,13-16H2,1-2H3. The summed E-state index contributed by atoms with van der Waals surface area (Å²) in [6.07, 6.45) is 5.46. The monoisotopic (exact) mass is 482 g/mol. The van der Waals surface area contributed by atoms with Crippen molar-refractivity contribution >= 4 is 17.0 Å². The van der Waals surface area contributed by atoms with E-state index in [0.717, 1.165) is 52.6 Å². The molecular formula is C26H26N8O2. The molecule has 36 heavy (non-hydrogen) atoms. The molecule has 1 aromatic carbocycles. The molecule has 1 fully saturated rings. The van der Waals surface area contributed by atoms with Crippen molar-refractivity contribution < 1.29 is 9.47 Å². The highest BCUT2D eigenvalue weighted by atomic mass is 16.5. The molecule has 1 aliphatic heterocycles. The van der Waals surface area contributed by atoms with Crippen LogP contribution in [0.15, 0.2) is 61.1 Å². The van der Waals surface area contributed by atoms with Crippen LogP contribution in [-0.4, -0.2) is 67.7 Å². The van der Waals surface area contributed by atoms with Gasteiger partial charge in [-0.25, -0.2) is 9.67 Å². The molecule has 5 heterocycles. The van der Waals surface area contributed by atoms with Crippen molar-refractivity contribution in [2.24, 2.45) is 0 Å². The predicted octanol–water partition coefficient (Wildman–Crippen LogP) is 3.61. The Morgan fingerprint density at radius 1 is 0.944 bits per heavy atom. The Bertz CT molecular complexity index is 1490. The zero-order chi connectivity index (χ0) is 24.5. The summed E-state index contributed by atoms with van der Waals surface area (Å²) in [6, 6.07) is 13.9. The molecule has 182 valence electrons. The van der Waals surface area contributed by atoms with Crippen molar-refractivity contribution in [3.05, 3.63) is 61.1 Å². The lowest BCUT2D eigenvalue weighted by Crippen LogP contribution is -2.37. The van der Waals surface area contributed by atoms with Crippen LogP contribution in [0.2, 0.25) is 0 Å². The first-order chi connectivity index (χ1) is 17.8. The summed E-state index contributed by atoms with van der Waals surface area (Å²) in [5, 5.41) is 4.68. The van der Waals surface area contributed by atoms with Gasteiger partial charge in [0.2, 0.25) is 5.88 Å². The molecule has 6 rings (SSSR count). The number of aryl methyl sites for hydroxylation is 1. The average Bonchev–Trinajstić information content (AvgIpc) is 3.56. The number of methoxy groups -OCH3 is 1. The molecule has 0 atom stereocenters. The van der Waals surface area contributed by atoms with Crippen LogP contribution in [0.1, 0.15) is 6.92 Å². The molecule has 0 saturated carbocycles. The number of aromatic nitrogens is 7. The van der Waals surface area contributed by atoms with Crippen LogP contribution in [0.5, 0.6) is 5.88 Å². The largest absolute Gasteiger partial charge is 0.479 e. The van der Waals surface area contributed by atoms with Crippen LogP contribution in [0, 0.1) is 0 Å². The van der Waals surface area contributed by atoms with E-state index >= 15 is 0 Å². The van der Waals surface area contributed by atoms with Crippen molar-refractivity contribution in [2.45, 2.75) is 13.5 Å². The van der Waals surface area contributed by atoms with E-state index in [9.17, 15) is 0 Å². The van der Waals surface area contributed by atoms with E-state index in [1.165, 1.54) is 0 Å². The lowest BCUT2D eigenvalue weighted by molar-refractivity contribution is 0.122. The van der Waals surface area contributed by atoms with Crippen LogP contribution in [0.25, 0.3) is 39.6 Å². The van der Waals surface area contributed by atoms with Crippen LogP contribution in [-0.2, 0) is 11.3 Å². The molecule has 0 unspecified atom stereocenters. The van der Waals surface area contributed by atoms with E-state index < -0.39 is 0 Å². The SMILES string of the molecule is CCn1c(-c2ccncc2)nc2c(N3CCOCC3)nc(-n3cc(-c4ccccc4)c(OC)n3)nc21. The third-order valence-corrected chi connectivity index (χ3v) is 6.29. The Balaban J connectivity index is 1.56. The highest BCUT2D eigenvalue weighted by Crippen LogP contribution is 2.32. The lowest BCUT2D eigenvalue weighted by Gasteiger charge is -2.28. The Hall–Kier alpha value is -4.31. The molecule has 0 spiro atoms. The minimum Gasteiger partial charge on any atom is -0.479 e. The van der Waals surface area contributed by atoms with E-state index in [1.54, 1.807) is 24.2 Å². The summed E-state index contributed by atoms with van der Waals surface area (Å²) in [4.78, 5) is 21.3. The second-order valence-electron chi connectivity index (χ2n) is 8.40. The van der Waals surface area contributed by atoms with Gasteiger partial charge in [-0.2, -0.15) is 9.97 Å². The van der Waals surface area contributed by atoms with Crippen molar-refractivity contribution in [3.8, 4) is 34.3 Å². The summed E-state index contributed by atoms with van der Waals surface area (Å²) in [6.45, 7) is 5.53. The number of benzene rings is 1. The van der Waals surface area contributed by atoms with E-state index in [1.807, 2.05) is 48.7 Å². The molecule has 0 bridgehead atoms. The number of imidazole rings is 1. The van der Waals surface area contributed by atoms with Gasteiger partial charge in [-0.15, -0.1) is 5.10 Å². The molecule has 4 aromatic heterocycles. The van der Waals surface area contributed by atoms with Gasteiger partial charge in [0, 0.05) is 43.8 Å². The van der Waals surface area contributed by atoms with Crippen molar-refractivity contribution in [3.63, 3.8) is 0 Å². The third kappa shape index (κ3) is 3.85. The van der Waals surface area contributed by atoms with Crippen LogP contribution >= 0.6 is 0 Å². The number of hydrogen-bond donors (Lipinski definition) is 0. The zero-order valence-electron chi connectivity index (χ0n) is 20.2. The van der Waals surface area contributed by atoms with Gasteiger partial charge in [0.15, 0.2) is 17.0 Å². The maximum Gasteiger partial charge on any atom is 0.254 e. The summed E-state index contributed by atoms with van der Waals surface area (Å²) >= 11 is 0. The van der Waals surface area contributed by atoms with Crippen LogP contribution in [0.3, 0.4) is 0 Å². The molecule has 0 aliphatic carbocycles. The van der Waals surface area contributed by atoms with E-state index in [2.05, 4.69) is 26.5 Å². The zero-order valence-corrected chi connectivity index (χ0v) is 20.2. The molecular weight excluding hydrogens is 456 g/mol. The van der Waals surface area contributed by atoms with Gasteiger partial charge in [-0.1, -0.05) is 30.3 Å². The van der Waals surface area contributed by atoms with Crippen LogP contribution < -0.4 is 9.64 Å². The number of fused-ring (bicyclic) bond motifs is 1. The van der Waals surface area contributed by atoms with E-state index in [4.69, 9.17) is 24.4 Å². The first kappa shape index (κ1) is 22.2. The molecule has 0 N–H and O–H groups in total. The number of hydrogen-bond acceptors (Lipinski definition) is 8. The lowest BCUT2D eigenvalue weighted by atomic mass is 10.1. The maximum atomic E-state index is 5.60. The predicted molar refractivity (Wildman–Crippen MR) is 136 cm³/mol. The minimum atomic E-state index is 0.459. The number of morpholine rings is 1. The first-order valence-corrected chi connectivity index (χ1v) is 12.0. The molecule has 1 saturated heterocycles. The number of nitrogens with zero attached hydrogens (tertiary/aromatic N) is 8. The second kappa shape index (κ2) is 9.38. The van der Waals surface area contributed by atoms with E-state index in [0.29, 0.717) is 31.6 Å².